The molecule has 2 amide bonds. The smallest absolute Gasteiger partial charge is 0.325 e. The number of rotatable bonds is 7. The van der Waals surface area contributed by atoms with Crippen LogP contribution in [0.1, 0.15) is 13.8 Å². The lowest BCUT2D eigenvalue weighted by Crippen LogP contribution is -2.31. The van der Waals surface area contributed by atoms with Gasteiger partial charge in [-0.3, -0.25) is 14.4 Å². The molecule has 2 aliphatic rings. The lowest BCUT2D eigenvalue weighted by atomic mass is 10.1. The molecule has 2 rings (SSSR count). The Morgan fingerprint density at radius 3 is 2.83 bits per heavy atom. The van der Waals surface area contributed by atoms with Crippen LogP contribution in [0.15, 0.2) is 21.0 Å². The highest BCUT2D eigenvalue weighted by Gasteiger charge is 2.34. The Balaban J connectivity index is 1.81. The van der Waals surface area contributed by atoms with E-state index in [1.807, 2.05) is 6.08 Å². The third kappa shape index (κ3) is 4.94. The standard InChI is InChI=1S/C15H19N3O4S2/c1-8(2)10-4-9-14(21)17-11(18-15(9)24-10)6-23-7-12(19)16-5-13(20)22-3/h4,8-9H,5-7H2,1-3H3,(H,16,19). The number of amidine groups is 1. The van der Waals surface area contributed by atoms with Crippen LogP contribution in [-0.4, -0.2) is 53.8 Å². The Labute approximate surface area is 148 Å². The van der Waals surface area contributed by atoms with Gasteiger partial charge in [-0.1, -0.05) is 31.7 Å². The van der Waals surface area contributed by atoms with Gasteiger partial charge in [0.25, 0.3) is 5.91 Å². The fourth-order valence-corrected chi connectivity index (χ4v) is 3.81. The Morgan fingerprint density at radius 1 is 1.42 bits per heavy atom. The SMILES string of the molecule is COC(=O)CNC(=O)CSCC1=NC(=O)C2C=C(C(C)C)SC2=N1. The van der Waals surface area contributed by atoms with Crippen molar-refractivity contribution in [3.05, 3.63) is 11.0 Å². The van der Waals surface area contributed by atoms with Crippen molar-refractivity contribution in [2.75, 3.05) is 25.2 Å². The number of thioether (sulfide) groups is 2. The molecule has 0 aromatic heterocycles. The first-order valence-corrected chi connectivity index (χ1v) is 9.38. The van der Waals surface area contributed by atoms with Crippen molar-refractivity contribution in [3.63, 3.8) is 0 Å². The van der Waals surface area contributed by atoms with Crippen molar-refractivity contribution in [2.24, 2.45) is 21.8 Å². The number of hydrogen-bond acceptors (Lipinski definition) is 7. The van der Waals surface area contributed by atoms with Crippen LogP contribution in [0.4, 0.5) is 0 Å². The number of ether oxygens (including phenoxy) is 1. The van der Waals surface area contributed by atoms with Crippen molar-refractivity contribution in [1.29, 1.82) is 0 Å². The number of allylic oxidation sites excluding steroid dienone is 1. The lowest BCUT2D eigenvalue weighted by molar-refractivity contribution is -0.140. The number of fused-ring (bicyclic) bond motifs is 1. The molecule has 1 atom stereocenters. The normalized spacial score (nSPS) is 19.4. The molecule has 0 aromatic rings. The molecule has 2 heterocycles. The summed E-state index contributed by atoms with van der Waals surface area (Å²) in [7, 11) is 1.26. The summed E-state index contributed by atoms with van der Waals surface area (Å²) in [5.41, 5.74) is 0. The Hall–Kier alpha value is -1.61. The summed E-state index contributed by atoms with van der Waals surface area (Å²) in [6.45, 7) is 4.00. The Kier molecular flexibility index (Phi) is 6.61. The van der Waals surface area contributed by atoms with Gasteiger partial charge < -0.3 is 10.1 Å². The molecule has 0 bridgehead atoms. The molecular formula is C15H19N3O4S2. The van der Waals surface area contributed by atoms with E-state index in [-0.39, 0.29) is 30.0 Å². The van der Waals surface area contributed by atoms with Gasteiger partial charge in [-0.25, -0.2) is 4.99 Å². The minimum Gasteiger partial charge on any atom is -0.468 e. The predicted molar refractivity (Wildman–Crippen MR) is 96.2 cm³/mol. The molecule has 2 aliphatic heterocycles. The van der Waals surface area contributed by atoms with Gasteiger partial charge in [0.1, 0.15) is 18.3 Å². The second-order valence-corrected chi connectivity index (χ2v) is 7.54. The van der Waals surface area contributed by atoms with Crippen LogP contribution in [0.5, 0.6) is 0 Å². The highest BCUT2D eigenvalue weighted by Crippen LogP contribution is 2.38. The van der Waals surface area contributed by atoms with E-state index in [4.69, 9.17) is 0 Å². The molecule has 0 saturated carbocycles. The summed E-state index contributed by atoms with van der Waals surface area (Å²) >= 11 is 2.82. The van der Waals surface area contributed by atoms with E-state index in [1.54, 1.807) is 0 Å². The highest BCUT2D eigenvalue weighted by molar-refractivity contribution is 8.17. The fraction of sp³-hybridized carbons (Fsp3) is 0.533. The number of carbonyl (C=O) groups excluding carboxylic acids is 3. The summed E-state index contributed by atoms with van der Waals surface area (Å²) in [5.74, 6) is -0.0158. The molecule has 0 spiro atoms. The third-order valence-corrected chi connectivity index (χ3v) is 5.58. The molecule has 0 saturated heterocycles. The average molecular weight is 369 g/mol. The number of esters is 1. The second kappa shape index (κ2) is 8.48. The summed E-state index contributed by atoms with van der Waals surface area (Å²) in [5, 5.41) is 3.21. The van der Waals surface area contributed by atoms with Gasteiger partial charge in [0.15, 0.2) is 0 Å². The summed E-state index contributed by atoms with van der Waals surface area (Å²) in [4.78, 5) is 44.2. The fourth-order valence-electron chi connectivity index (χ4n) is 1.98. The maximum Gasteiger partial charge on any atom is 0.325 e. The number of nitrogens with one attached hydrogen (secondary N) is 1. The minimum atomic E-state index is -0.500. The number of methoxy groups -OCH3 is 1. The molecule has 0 radical (unpaired) electrons. The number of amides is 2. The van der Waals surface area contributed by atoms with Gasteiger partial charge in [0, 0.05) is 0 Å². The second-order valence-electron chi connectivity index (χ2n) is 5.47. The third-order valence-electron chi connectivity index (χ3n) is 3.25. The van der Waals surface area contributed by atoms with E-state index in [9.17, 15) is 14.4 Å². The summed E-state index contributed by atoms with van der Waals surface area (Å²) < 4.78 is 4.44. The van der Waals surface area contributed by atoms with E-state index in [2.05, 4.69) is 33.9 Å². The molecule has 7 nitrogen and oxygen atoms in total. The van der Waals surface area contributed by atoms with Gasteiger partial charge >= 0.3 is 5.97 Å². The van der Waals surface area contributed by atoms with Gasteiger partial charge in [0.2, 0.25) is 5.91 Å². The number of nitrogens with zero attached hydrogens (tertiary/aromatic N) is 2. The molecule has 0 aliphatic carbocycles. The first-order valence-electron chi connectivity index (χ1n) is 7.41. The average Bonchev–Trinajstić information content (AvgIpc) is 2.97. The molecule has 130 valence electrons. The molecule has 1 unspecified atom stereocenters. The summed E-state index contributed by atoms with van der Waals surface area (Å²) in [6.07, 6.45) is 1.93. The van der Waals surface area contributed by atoms with E-state index < -0.39 is 5.97 Å². The van der Waals surface area contributed by atoms with Crippen LogP contribution in [0, 0.1) is 11.8 Å². The van der Waals surface area contributed by atoms with Gasteiger partial charge in [-0.2, -0.15) is 4.99 Å². The predicted octanol–water partition coefficient (Wildman–Crippen LogP) is 1.25. The van der Waals surface area contributed by atoms with Crippen molar-refractivity contribution < 1.29 is 19.1 Å². The largest absolute Gasteiger partial charge is 0.468 e. The van der Waals surface area contributed by atoms with Crippen LogP contribution in [0.25, 0.3) is 0 Å². The zero-order valence-electron chi connectivity index (χ0n) is 13.7. The van der Waals surface area contributed by atoms with Crippen molar-refractivity contribution in [2.45, 2.75) is 13.8 Å². The molecular weight excluding hydrogens is 350 g/mol. The topological polar surface area (TPSA) is 97.2 Å². The quantitative estimate of drug-likeness (QED) is 0.678. The minimum absolute atomic E-state index is 0.153. The van der Waals surface area contributed by atoms with Crippen molar-refractivity contribution >= 4 is 52.2 Å². The van der Waals surface area contributed by atoms with Crippen LogP contribution in [0.2, 0.25) is 0 Å². The highest BCUT2D eigenvalue weighted by atomic mass is 32.2. The van der Waals surface area contributed by atoms with E-state index in [0.29, 0.717) is 17.5 Å². The number of carbonyl (C=O) groups is 3. The van der Waals surface area contributed by atoms with Crippen LogP contribution < -0.4 is 5.32 Å². The van der Waals surface area contributed by atoms with Gasteiger partial charge in [0.05, 0.1) is 23.7 Å². The molecule has 24 heavy (non-hydrogen) atoms. The zero-order valence-corrected chi connectivity index (χ0v) is 15.3. The van der Waals surface area contributed by atoms with Gasteiger partial charge in [-0.15, -0.1) is 11.8 Å². The molecule has 0 fully saturated rings. The number of hydrogen-bond donors (Lipinski definition) is 1. The zero-order chi connectivity index (χ0) is 17.7. The first-order chi connectivity index (χ1) is 11.4. The first kappa shape index (κ1) is 18.7. The Morgan fingerprint density at radius 2 is 2.17 bits per heavy atom. The van der Waals surface area contributed by atoms with Crippen LogP contribution in [-0.2, 0) is 19.1 Å². The number of aliphatic imine (C=N–C) groups is 2. The van der Waals surface area contributed by atoms with Gasteiger partial charge in [-0.05, 0) is 10.8 Å². The molecule has 9 heteroatoms. The monoisotopic (exact) mass is 369 g/mol. The van der Waals surface area contributed by atoms with Crippen molar-refractivity contribution in [3.8, 4) is 0 Å². The van der Waals surface area contributed by atoms with Crippen LogP contribution in [0.3, 0.4) is 0 Å². The molecule has 0 aromatic carbocycles. The van der Waals surface area contributed by atoms with E-state index in [1.165, 1.54) is 30.6 Å². The van der Waals surface area contributed by atoms with E-state index >= 15 is 0 Å². The maximum atomic E-state index is 12.1. The van der Waals surface area contributed by atoms with Crippen LogP contribution >= 0.6 is 23.5 Å². The van der Waals surface area contributed by atoms with E-state index in [0.717, 1.165) is 9.95 Å². The lowest BCUT2D eigenvalue weighted by Gasteiger charge is -2.12. The maximum absolute atomic E-state index is 12.1. The molecule has 1 N–H and O–H groups in total. The summed E-state index contributed by atoms with van der Waals surface area (Å²) in [6, 6.07) is 0. The Bertz CT molecular complexity index is 641. The van der Waals surface area contributed by atoms with Crippen molar-refractivity contribution in [1.82, 2.24) is 5.32 Å².